The molecule has 0 heterocycles. The van der Waals surface area contributed by atoms with Gasteiger partial charge in [0.2, 0.25) is 0 Å². The zero-order chi connectivity index (χ0) is 14.4. The third kappa shape index (κ3) is 10.6. The number of carbonyl (C=O) groups is 1. The molecule has 0 aromatic heterocycles. The Balaban J connectivity index is 0. The molecule has 0 aliphatic heterocycles. The molecule has 0 saturated heterocycles. The molecule has 0 saturated carbocycles. The Morgan fingerprint density at radius 3 is 1.78 bits per heavy atom. The number of methoxy groups -OCH3 is 1. The van der Waals surface area contributed by atoms with Crippen molar-refractivity contribution in [2.75, 3.05) is 26.7 Å². The van der Waals surface area contributed by atoms with Gasteiger partial charge in [0.1, 0.15) is 0 Å². The van der Waals surface area contributed by atoms with Crippen molar-refractivity contribution in [2.45, 2.75) is 60.3 Å². The monoisotopic (exact) mass is 259 g/mol. The van der Waals surface area contributed by atoms with Crippen LogP contribution in [0.15, 0.2) is 0 Å². The molecule has 3 nitrogen and oxygen atoms in total. The van der Waals surface area contributed by atoms with Crippen LogP contribution in [0.25, 0.3) is 0 Å². The predicted octanol–water partition coefficient (Wildman–Crippen LogP) is 3.72. The van der Waals surface area contributed by atoms with E-state index in [4.69, 9.17) is 0 Å². The van der Waals surface area contributed by atoms with Crippen molar-refractivity contribution < 1.29 is 9.53 Å². The molecule has 3 heteroatoms. The highest BCUT2D eigenvalue weighted by atomic mass is 16.5. The molecule has 0 N–H and O–H groups in total. The Bertz CT molecular complexity index is 174. The van der Waals surface area contributed by atoms with Gasteiger partial charge in [-0.05, 0) is 32.5 Å². The number of rotatable bonds is 8. The average Bonchev–Trinajstić information content (AvgIpc) is 2.42. The van der Waals surface area contributed by atoms with E-state index < -0.39 is 0 Å². The van der Waals surface area contributed by atoms with Gasteiger partial charge in [-0.3, -0.25) is 4.79 Å². The maximum Gasteiger partial charge on any atom is 0.308 e. The van der Waals surface area contributed by atoms with Crippen molar-refractivity contribution in [2.24, 2.45) is 5.92 Å². The van der Waals surface area contributed by atoms with E-state index in [2.05, 4.69) is 37.3 Å². The normalized spacial score (nSPS) is 11.7. The molecule has 1 atom stereocenters. The molecular formula is C15H33NO2. The van der Waals surface area contributed by atoms with Crippen LogP contribution >= 0.6 is 0 Å². The van der Waals surface area contributed by atoms with Gasteiger partial charge in [-0.25, -0.2) is 0 Å². The van der Waals surface area contributed by atoms with Crippen LogP contribution in [0.1, 0.15) is 60.3 Å². The van der Waals surface area contributed by atoms with Crippen molar-refractivity contribution in [3.8, 4) is 0 Å². The number of nitrogens with zero attached hydrogens (tertiary/aromatic N) is 1. The van der Waals surface area contributed by atoms with Gasteiger partial charge in [0.25, 0.3) is 0 Å². The first kappa shape index (κ1) is 19.8. The third-order valence-corrected chi connectivity index (χ3v) is 3.28. The maximum absolute atomic E-state index is 11.0. The van der Waals surface area contributed by atoms with Crippen LogP contribution in [0.4, 0.5) is 0 Å². The molecule has 110 valence electrons. The molecule has 0 aliphatic carbocycles. The molecule has 0 bridgehead atoms. The molecule has 18 heavy (non-hydrogen) atoms. The van der Waals surface area contributed by atoms with Crippen molar-refractivity contribution in [3.63, 3.8) is 0 Å². The highest BCUT2D eigenvalue weighted by Gasteiger charge is 2.15. The molecule has 0 amide bonds. The van der Waals surface area contributed by atoms with Gasteiger partial charge in [-0.1, -0.05) is 47.5 Å². The maximum atomic E-state index is 11.0. The first-order valence-corrected chi connectivity index (χ1v) is 7.41. The second kappa shape index (κ2) is 14.5. The van der Waals surface area contributed by atoms with Gasteiger partial charge < -0.3 is 9.64 Å². The molecule has 0 spiro atoms. The number of unbranched alkanes of at least 4 members (excludes halogenated alkanes) is 1. The van der Waals surface area contributed by atoms with Crippen LogP contribution < -0.4 is 0 Å². The average molecular weight is 259 g/mol. The minimum Gasteiger partial charge on any atom is -0.469 e. The van der Waals surface area contributed by atoms with Crippen LogP contribution in [0.3, 0.4) is 0 Å². The number of esters is 1. The Hall–Kier alpha value is -0.570. The van der Waals surface area contributed by atoms with Crippen LogP contribution in [0, 0.1) is 5.92 Å². The highest BCUT2D eigenvalue weighted by Crippen LogP contribution is 2.13. The molecular weight excluding hydrogens is 226 g/mol. The summed E-state index contributed by atoms with van der Waals surface area (Å²) in [5.74, 6) is 0.0703. The molecule has 0 radical (unpaired) electrons. The van der Waals surface area contributed by atoms with Gasteiger partial charge in [-0.15, -0.1) is 0 Å². The summed E-state index contributed by atoms with van der Waals surface area (Å²) in [4.78, 5) is 13.4. The number of hydrogen-bond donors (Lipinski definition) is 0. The lowest BCUT2D eigenvalue weighted by molar-refractivity contribution is -0.145. The quantitative estimate of drug-likeness (QED) is 0.622. The van der Waals surface area contributed by atoms with Crippen LogP contribution in [-0.4, -0.2) is 37.6 Å². The zero-order valence-corrected chi connectivity index (χ0v) is 13.3. The lowest BCUT2D eigenvalue weighted by Crippen LogP contribution is -2.21. The van der Waals surface area contributed by atoms with Crippen LogP contribution in [0.5, 0.6) is 0 Å². The highest BCUT2D eigenvalue weighted by molar-refractivity contribution is 5.72. The van der Waals surface area contributed by atoms with E-state index in [1.807, 2.05) is 6.92 Å². The fourth-order valence-corrected chi connectivity index (χ4v) is 1.78. The van der Waals surface area contributed by atoms with E-state index in [-0.39, 0.29) is 11.9 Å². The minimum atomic E-state index is -0.0547. The van der Waals surface area contributed by atoms with E-state index in [0.29, 0.717) is 0 Å². The fourth-order valence-electron chi connectivity index (χ4n) is 1.78. The summed E-state index contributed by atoms with van der Waals surface area (Å²) in [5.41, 5.74) is 0. The number of carbonyl (C=O) groups excluding carboxylic acids is 1. The second-order valence-corrected chi connectivity index (χ2v) is 4.39. The Morgan fingerprint density at radius 1 is 1.06 bits per heavy atom. The zero-order valence-electron chi connectivity index (χ0n) is 13.3. The van der Waals surface area contributed by atoms with E-state index in [9.17, 15) is 4.79 Å². The van der Waals surface area contributed by atoms with E-state index in [1.165, 1.54) is 26.7 Å². The second-order valence-electron chi connectivity index (χ2n) is 4.39. The lowest BCUT2D eigenvalue weighted by atomic mass is 10.00. The Labute approximate surface area is 114 Å². The fraction of sp³-hybridized carbons (Fsp3) is 0.933. The lowest BCUT2D eigenvalue weighted by Gasteiger charge is -2.13. The van der Waals surface area contributed by atoms with E-state index >= 15 is 0 Å². The third-order valence-electron chi connectivity index (χ3n) is 3.28. The Kier molecular flexibility index (Phi) is 15.9. The van der Waals surface area contributed by atoms with E-state index in [0.717, 1.165) is 25.7 Å². The van der Waals surface area contributed by atoms with Gasteiger partial charge in [0, 0.05) is 0 Å². The largest absolute Gasteiger partial charge is 0.469 e. The van der Waals surface area contributed by atoms with Gasteiger partial charge in [0.05, 0.1) is 13.0 Å². The first-order chi connectivity index (χ1) is 8.60. The van der Waals surface area contributed by atoms with Gasteiger partial charge in [-0.2, -0.15) is 0 Å². The smallest absolute Gasteiger partial charge is 0.308 e. The topological polar surface area (TPSA) is 29.5 Å². The summed E-state index contributed by atoms with van der Waals surface area (Å²) in [7, 11) is 1.46. The summed E-state index contributed by atoms with van der Waals surface area (Å²) in [6.45, 7) is 14.3. The molecule has 0 aromatic rings. The summed E-state index contributed by atoms with van der Waals surface area (Å²) in [5, 5.41) is 0. The summed E-state index contributed by atoms with van der Waals surface area (Å²) in [6.07, 6.45) is 4.13. The Morgan fingerprint density at radius 2 is 1.56 bits per heavy atom. The summed E-state index contributed by atoms with van der Waals surface area (Å²) >= 11 is 0. The van der Waals surface area contributed by atoms with Crippen molar-refractivity contribution in [1.29, 1.82) is 0 Å². The molecule has 0 aliphatic rings. The number of ether oxygens (including phenoxy) is 1. The first-order valence-electron chi connectivity index (χ1n) is 7.41. The molecule has 0 fully saturated rings. The molecule has 0 aromatic carbocycles. The standard InChI is InChI=1S/C9H18O2.C6H15N/c1-4-6-7-8(5-2)9(10)11-3;1-4-7(5-2)6-3/h8H,4-7H2,1-3H3;4-6H2,1-3H3. The van der Waals surface area contributed by atoms with Crippen LogP contribution in [-0.2, 0) is 9.53 Å². The van der Waals surface area contributed by atoms with E-state index in [1.54, 1.807) is 0 Å². The summed E-state index contributed by atoms with van der Waals surface area (Å²) in [6, 6.07) is 0. The van der Waals surface area contributed by atoms with Gasteiger partial charge >= 0.3 is 5.97 Å². The van der Waals surface area contributed by atoms with Crippen molar-refractivity contribution >= 4 is 5.97 Å². The van der Waals surface area contributed by atoms with Gasteiger partial charge in [0.15, 0.2) is 0 Å². The molecule has 0 rings (SSSR count). The molecule has 1 unspecified atom stereocenters. The predicted molar refractivity (Wildman–Crippen MR) is 78.8 cm³/mol. The van der Waals surface area contributed by atoms with Crippen molar-refractivity contribution in [1.82, 2.24) is 4.90 Å². The number of hydrogen-bond acceptors (Lipinski definition) is 3. The summed E-state index contributed by atoms with van der Waals surface area (Å²) < 4.78 is 4.66. The van der Waals surface area contributed by atoms with Crippen LogP contribution in [0.2, 0.25) is 0 Å². The SMILES string of the molecule is CCCCC(CC)C(=O)OC.CCN(CC)CC. The minimum absolute atomic E-state index is 0.0547. The van der Waals surface area contributed by atoms with Crippen molar-refractivity contribution in [3.05, 3.63) is 0 Å².